The number of fused-ring (bicyclic) bond motifs is 2. The zero-order valence-corrected chi connectivity index (χ0v) is 20.5. The summed E-state index contributed by atoms with van der Waals surface area (Å²) < 4.78 is 1.81. The van der Waals surface area contributed by atoms with Crippen molar-refractivity contribution >= 4 is 22.5 Å². The summed E-state index contributed by atoms with van der Waals surface area (Å²) in [5.41, 5.74) is 7.95. The number of benzene rings is 2. The van der Waals surface area contributed by atoms with Gasteiger partial charge in [-0.25, -0.2) is 9.67 Å². The highest BCUT2D eigenvalue weighted by molar-refractivity contribution is 5.89. The van der Waals surface area contributed by atoms with E-state index in [0.717, 1.165) is 60.2 Å². The zero-order valence-electron chi connectivity index (χ0n) is 20.5. The Labute approximate surface area is 209 Å². The fourth-order valence-corrected chi connectivity index (χ4v) is 5.23. The van der Waals surface area contributed by atoms with Gasteiger partial charge in [0.05, 0.1) is 23.1 Å². The number of aromatic amines is 2. The predicted octanol–water partition coefficient (Wildman–Crippen LogP) is 4.75. The van der Waals surface area contributed by atoms with Crippen molar-refractivity contribution in [3.8, 4) is 22.8 Å². The summed E-state index contributed by atoms with van der Waals surface area (Å²) in [5, 5.41) is 16.7. The number of rotatable bonds is 6. The lowest BCUT2D eigenvalue weighted by Gasteiger charge is -2.23. The van der Waals surface area contributed by atoms with Crippen LogP contribution >= 0.6 is 0 Å². The van der Waals surface area contributed by atoms with E-state index in [-0.39, 0.29) is 0 Å². The third-order valence-corrected chi connectivity index (χ3v) is 7.44. The number of hydrogen-bond donors (Lipinski definition) is 3. The summed E-state index contributed by atoms with van der Waals surface area (Å²) in [6.07, 6.45) is 5.35. The molecule has 0 amide bonds. The number of H-pyrrole nitrogens is 2. The van der Waals surface area contributed by atoms with Crippen molar-refractivity contribution in [2.75, 3.05) is 18.4 Å². The summed E-state index contributed by atoms with van der Waals surface area (Å²) >= 11 is 0. The third-order valence-electron chi connectivity index (χ3n) is 7.44. The third kappa shape index (κ3) is 3.67. The van der Waals surface area contributed by atoms with Crippen LogP contribution in [0.3, 0.4) is 0 Å². The Bertz CT molecular complexity index is 1550. The van der Waals surface area contributed by atoms with Crippen LogP contribution in [0.2, 0.25) is 0 Å². The maximum Gasteiger partial charge on any atom is 0.225 e. The molecule has 1 fully saturated rings. The maximum absolute atomic E-state index is 4.87. The van der Waals surface area contributed by atoms with E-state index in [1.54, 1.807) is 4.68 Å². The average molecular weight is 480 g/mol. The van der Waals surface area contributed by atoms with E-state index in [4.69, 9.17) is 9.97 Å². The summed E-state index contributed by atoms with van der Waals surface area (Å²) in [6, 6.07) is 12.5. The molecule has 0 saturated heterocycles. The van der Waals surface area contributed by atoms with Crippen molar-refractivity contribution in [1.29, 1.82) is 0 Å². The van der Waals surface area contributed by atoms with Gasteiger partial charge in [0.2, 0.25) is 5.95 Å². The highest BCUT2D eigenvalue weighted by Crippen LogP contribution is 2.47. The number of anilines is 2. The van der Waals surface area contributed by atoms with Gasteiger partial charge < -0.3 is 10.3 Å². The van der Waals surface area contributed by atoms with E-state index >= 15 is 0 Å². The molecule has 7 rings (SSSR count). The summed E-state index contributed by atoms with van der Waals surface area (Å²) in [5.74, 6) is 2.92. The Hall–Kier alpha value is -3.98. The molecule has 2 aromatic carbocycles. The molecular weight excluding hydrogens is 450 g/mol. The molecule has 9 heteroatoms. The number of aryl methyl sites for hydroxylation is 1. The van der Waals surface area contributed by atoms with Crippen molar-refractivity contribution in [1.82, 2.24) is 39.8 Å². The predicted molar refractivity (Wildman–Crippen MR) is 140 cm³/mol. The first-order valence-electron chi connectivity index (χ1n) is 12.7. The maximum atomic E-state index is 4.87. The van der Waals surface area contributed by atoms with Crippen LogP contribution in [0, 0.1) is 0 Å². The SMILES string of the molecule is CCN1CCc2nc(-c3ccc(-c4nc(Nc5ccc6[nH]ncc6c5C5CC5)n(C)n4)cc3)[nH]c2C1. The van der Waals surface area contributed by atoms with E-state index < -0.39 is 0 Å². The van der Waals surface area contributed by atoms with Crippen LogP contribution in [-0.4, -0.2) is 52.9 Å². The summed E-state index contributed by atoms with van der Waals surface area (Å²) in [4.78, 5) is 15.7. The van der Waals surface area contributed by atoms with Gasteiger partial charge >= 0.3 is 0 Å². The zero-order chi connectivity index (χ0) is 24.2. The average Bonchev–Trinajstić information content (AvgIpc) is 3.30. The molecule has 1 aliphatic carbocycles. The molecule has 2 aliphatic rings. The molecule has 3 aromatic heterocycles. The van der Waals surface area contributed by atoms with Gasteiger partial charge in [-0.1, -0.05) is 31.2 Å². The van der Waals surface area contributed by atoms with Gasteiger partial charge in [0.15, 0.2) is 5.82 Å². The van der Waals surface area contributed by atoms with Gasteiger partial charge in [-0.3, -0.25) is 10.00 Å². The Morgan fingerprint density at radius 3 is 2.69 bits per heavy atom. The van der Waals surface area contributed by atoms with Crippen LogP contribution in [0.15, 0.2) is 42.6 Å². The van der Waals surface area contributed by atoms with Gasteiger partial charge in [-0.05, 0) is 43.0 Å². The van der Waals surface area contributed by atoms with Crippen molar-refractivity contribution in [2.45, 2.75) is 38.6 Å². The number of nitrogens with one attached hydrogen (secondary N) is 3. The van der Waals surface area contributed by atoms with Gasteiger partial charge in [-0.15, -0.1) is 5.10 Å². The quantitative estimate of drug-likeness (QED) is 0.325. The van der Waals surface area contributed by atoms with Crippen LogP contribution in [0.5, 0.6) is 0 Å². The molecule has 3 N–H and O–H groups in total. The number of nitrogens with zero attached hydrogens (tertiary/aromatic N) is 6. The second kappa shape index (κ2) is 8.30. The molecule has 9 nitrogen and oxygen atoms in total. The van der Waals surface area contributed by atoms with E-state index in [2.05, 4.69) is 73.8 Å². The second-order valence-electron chi connectivity index (χ2n) is 9.85. The lowest BCUT2D eigenvalue weighted by atomic mass is 10.0. The minimum absolute atomic E-state index is 0.575. The van der Waals surface area contributed by atoms with Crippen LogP contribution < -0.4 is 5.32 Å². The molecule has 1 saturated carbocycles. The molecule has 182 valence electrons. The molecule has 0 unspecified atom stereocenters. The fourth-order valence-electron chi connectivity index (χ4n) is 5.23. The molecule has 0 atom stereocenters. The van der Waals surface area contributed by atoms with E-state index in [9.17, 15) is 0 Å². The Morgan fingerprint density at radius 2 is 1.89 bits per heavy atom. The summed E-state index contributed by atoms with van der Waals surface area (Å²) in [7, 11) is 1.92. The van der Waals surface area contributed by atoms with Gasteiger partial charge in [-0.2, -0.15) is 10.1 Å². The monoisotopic (exact) mass is 479 g/mol. The highest BCUT2D eigenvalue weighted by Gasteiger charge is 2.29. The Morgan fingerprint density at radius 1 is 1.06 bits per heavy atom. The minimum Gasteiger partial charge on any atom is -0.341 e. The van der Waals surface area contributed by atoms with Gasteiger partial charge in [0.25, 0.3) is 0 Å². The lowest BCUT2D eigenvalue weighted by molar-refractivity contribution is 0.264. The van der Waals surface area contributed by atoms with Crippen LogP contribution in [0.1, 0.15) is 42.6 Å². The van der Waals surface area contributed by atoms with Gasteiger partial charge in [0, 0.05) is 48.8 Å². The van der Waals surface area contributed by atoms with E-state index in [1.165, 1.54) is 35.2 Å². The highest BCUT2D eigenvalue weighted by atomic mass is 15.4. The van der Waals surface area contributed by atoms with E-state index in [1.807, 2.05) is 13.2 Å². The van der Waals surface area contributed by atoms with Crippen LogP contribution in [0.25, 0.3) is 33.7 Å². The van der Waals surface area contributed by atoms with Gasteiger partial charge in [0.1, 0.15) is 5.82 Å². The van der Waals surface area contributed by atoms with Crippen molar-refractivity contribution in [3.05, 3.63) is 59.5 Å². The molecule has 0 radical (unpaired) electrons. The molecule has 36 heavy (non-hydrogen) atoms. The fraction of sp³-hybridized carbons (Fsp3) is 0.333. The largest absolute Gasteiger partial charge is 0.341 e. The molecular formula is C27H29N9. The van der Waals surface area contributed by atoms with Crippen molar-refractivity contribution in [3.63, 3.8) is 0 Å². The number of hydrogen-bond acceptors (Lipinski definition) is 6. The molecule has 4 heterocycles. The number of likely N-dealkylation sites (N-methyl/N-ethyl adjacent to an activating group) is 1. The summed E-state index contributed by atoms with van der Waals surface area (Å²) in [6.45, 7) is 5.29. The smallest absolute Gasteiger partial charge is 0.225 e. The molecule has 0 bridgehead atoms. The second-order valence-corrected chi connectivity index (χ2v) is 9.85. The van der Waals surface area contributed by atoms with Crippen LogP contribution in [0.4, 0.5) is 11.6 Å². The minimum atomic E-state index is 0.575. The first kappa shape index (κ1) is 21.3. The molecule has 0 spiro atoms. The first-order chi connectivity index (χ1) is 17.7. The topological polar surface area (TPSA) is 103 Å². The Balaban J connectivity index is 1.14. The Kier molecular flexibility index (Phi) is 4.92. The molecule has 5 aromatic rings. The van der Waals surface area contributed by atoms with Crippen molar-refractivity contribution < 1.29 is 0 Å². The first-order valence-corrected chi connectivity index (χ1v) is 12.7. The van der Waals surface area contributed by atoms with Crippen LogP contribution in [-0.2, 0) is 20.0 Å². The molecule has 1 aliphatic heterocycles. The normalized spacial score (nSPS) is 15.9. The number of aromatic nitrogens is 7. The lowest BCUT2D eigenvalue weighted by Crippen LogP contribution is -2.30. The number of imidazole rings is 1. The van der Waals surface area contributed by atoms with Crippen molar-refractivity contribution in [2.24, 2.45) is 7.05 Å². The van der Waals surface area contributed by atoms with E-state index in [0.29, 0.717) is 11.7 Å². The standard InChI is InChI=1S/C27H29N9/c1-3-36-13-12-21-23(15-36)30-25(29-21)17-6-8-18(9-7-17)26-32-27(35(2)34-26)31-22-11-10-20-19(14-28-33-20)24(22)16-4-5-16/h6-11,14,16H,3-5,12-13,15H2,1-2H3,(H,28,33)(H,29,30)(H,31,32,34).